The van der Waals surface area contributed by atoms with Crippen molar-refractivity contribution in [3.8, 4) is 11.5 Å². The van der Waals surface area contributed by atoms with Crippen molar-refractivity contribution < 1.29 is 14.3 Å². The molecule has 0 radical (unpaired) electrons. The average molecular weight is 311 g/mol. The van der Waals surface area contributed by atoms with E-state index in [0.29, 0.717) is 21.6 Å². The zero-order valence-corrected chi connectivity index (χ0v) is 12.8. The Morgan fingerprint density at radius 2 is 1.85 bits per heavy atom. The van der Waals surface area contributed by atoms with E-state index < -0.39 is 6.10 Å². The van der Waals surface area contributed by atoms with Crippen LogP contribution in [-0.4, -0.2) is 18.5 Å². The second-order valence-electron chi connectivity index (χ2n) is 4.13. The number of hydrogen-bond donors (Lipinski definition) is 0. The fourth-order valence-corrected chi connectivity index (χ4v) is 2.75. The lowest BCUT2D eigenvalue weighted by Gasteiger charge is -2.13. The van der Waals surface area contributed by atoms with Gasteiger partial charge >= 0.3 is 0 Å². The minimum Gasteiger partial charge on any atom is -0.494 e. The third kappa shape index (κ3) is 3.74. The fourth-order valence-electron chi connectivity index (χ4n) is 1.69. The van der Waals surface area contributed by atoms with Crippen LogP contribution in [0, 0.1) is 0 Å². The Balaban J connectivity index is 2.00. The Kier molecular flexibility index (Phi) is 5.04. The summed E-state index contributed by atoms with van der Waals surface area (Å²) in [6.07, 6.45) is -0.553. The quantitative estimate of drug-likeness (QED) is 0.739. The maximum Gasteiger partial charge on any atom is 0.212 e. The summed E-state index contributed by atoms with van der Waals surface area (Å²) in [6.45, 7) is 4.28. The average Bonchev–Trinajstić information content (AvgIpc) is 2.87. The Morgan fingerprint density at radius 1 is 1.20 bits per heavy atom. The van der Waals surface area contributed by atoms with Crippen LogP contribution in [0.3, 0.4) is 0 Å². The first-order valence-electron chi connectivity index (χ1n) is 6.29. The van der Waals surface area contributed by atoms with Crippen molar-refractivity contribution in [3.63, 3.8) is 0 Å². The highest BCUT2D eigenvalue weighted by atomic mass is 35.5. The number of halogens is 1. The molecular weight excluding hydrogens is 296 g/mol. The van der Waals surface area contributed by atoms with Gasteiger partial charge in [0.15, 0.2) is 6.10 Å². The number of carbonyl (C=O) groups excluding carboxylic acids is 1. The maximum atomic E-state index is 12.1. The third-order valence-corrected chi connectivity index (χ3v) is 3.88. The summed E-state index contributed by atoms with van der Waals surface area (Å²) < 4.78 is 11.6. The summed E-state index contributed by atoms with van der Waals surface area (Å²) in [6, 6.07) is 10.6. The zero-order chi connectivity index (χ0) is 14.5. The zero-order valence-electron chi connectivity index (χ0n) is 11.3. The van der Waals surface area contributed by atoms with Crippen LogP contribution in [-0.2, 0) is 0 Å². The van der Waals surface area contributed by atoms with Crippen LogP contribution in [0.4, 0.5) is 0 Å². The molecule has 106 valence electrons. The van der Waals surface area contributed by atoms with Crippen molar-refractivity contribution >= 4 is 28.7 Å². The number of thiophene rings is 1. The lowest BCUT2D eigenvalue weighted by molar-refractivity contribution is 0.0822. The van der Waals surface area contributed by atoms with Gasteiger partial charge < -0.3 is 9.47 Å². The van der Waals surface area contributed by atoms with Crippen molar-refractivity contribution in [2.45, 2.75) is 20.0 Å². The second-order valence-corrected chi connectivity index (χ2v) is 5.85. The molecule has 0 aliphatic rings. The van der Waals surface area contributed by atoms with E-state index >= 15 is 0 Å². The first-order valence-corrected chi connectivity index (χ1v) is 7.48. The van der Waals surface area contributed by atoms with Gasteiger partial charge in [-0.05, 0) is 50.2 Å². The summed E-state index contributed by atoms with van der Waals surface area (Å²) in [5, 5.41) is 0. The maximum absolute atomic E-state index is 12.1. The summed E-state index contributed by atoms with van der Waals surface area (Å²) in [7, 11) is 0. The van der Waals surface area contributed by atoms with Gasteiger partial charge in [0, 0.05) is 0 Å². The number of rotatable bonds is 6. The van der Waals surface area contributed by atoms with E-state index in [-0.39, 0.29) is 5.78 Å². The molecule has 0 spiro atoms. The van der Waals surface area contributed by atoms with Gasteiger partial charge in [0.2, 0.25) is 5.78 Å². The number of hydrogen-bond acceptors (Lipinski definition) is 4. The number of ketones is 1. The third-order valence-electron chi connectivity index (χ3n) is 2.63. The van der Waals surface area contributed by atoms with Gasteiger partial charge in [-0.3, -0.25) is 4.79 Å². The Hall–Kier alpha value is -1.52. The monoisotopic (exact) mass is 310 g/mol. The van der Waals surface area contributed by atoms with Gasteiger partial charge in [-0.2, -0.15) is 0 Å². The van der Waals surface area contributed by atoms with Crippen LogP contribution in [0.5, 0.6) is 11.5 Å². The van der Waals surface area contributed by atoms with Gasteiger partial charge in [0.05, 0.1) is 15.8 Å². The first kappa shape index (κ1) is 14.9. The largest absolute Gasteiger partial charge is 0.494 e. The summed E-state index contributed by atoms with van der Waals surface area (Å²) in [5.74, 6) is 1.34. The van der Waals surface area contributed by atoms with Crippen LogP contribution < -0.4 is 9.47 Å². The highest BCUT2D eigenvalue weighted by Crippen LogP contribution is 2.24. The van der Waals surface area contributed by atoms with Gasteiger partial charge in [-0.15, -0.1) is 11.3 Å². The molecule has 0 bridgehead atoms. The van der Waals surface area contributed by atoms with Crippen LogP contribution in [0.25, 0.3) is 0 Å². The molecule has 5 heteroatoms. The van der Waals surface area contributed by atoms with E-state index in [0.717, 1.165) is 5.75 Å². The topological polar surface area (TPSA) is 35.5 Å². The normalized spacial score (nSPS) is 11.9. The second kappa shape index (κ2) is 6.77. The highest BCUT2D eigenvalue weighted by molar-refractivity contribution is 7.18. The lowest BCUT2D eigenvalue weighted by Crippen LogP contribution is -2.23. The van der Waals surface area contributed by atoms with E-state index in [4.69, 9.17) is 21.1 Å². The molecule has 1 unspecified atom stereocenters. The smallest absolute Gasteiger partial charge is 0.212 e. The molecule has 2 rings (SSSR count). The molecule has 0 aliphatic heterocycles. The molecule has 1 heterocycles. The predicted octanol–water partition coefficient (Wildman–Crippen LogP) is 4.45. The van der Waals surface area contributed by atoms with Gasteiger partial charge in [0.1, 0.15) is 11.5 Å². The Morgan fingerprint density at radius 3 is 2.40 bits per heavy atom. The van der Waals surface area contributed by atoms with E-state index in [1.165, 1.54) is 11.3 Å². The van der Waals surface area contributed by atoms with Gasteiger partial charge in [-0.1, -0.05) is 11.6 Å². The van der Waals surface area contributed by atoms with E-state index in [9.17, 15) is 4.79 Å². The first-order chi connectivity index (χ1) is 9.60. The molecule has 0 fully saturated rings. The molecule has 2 aromatic rings. The Labute approximate surface area is 127 Å². The molecule has 0 N–H and O–H groups in total. The van der Waals surface area contributed by atoms with Crippen molar-refractivity contribution in [2.75, 3.05) is 6.61 Å². The van der Waals surface area contributed by atoms with Crippen LogP contribution in [0.1, 0.15) is 23.5 Å². The number of benzene rings is 1. The molecule has 0 saturated heterocycles. The van der Waals surface area contributed by atoms with E-state index in [2.05, 4.69) is 0 Å². The van der Waals surface area contributed by atoms with Gasteiger partial charge in [-0.25, -0.2) is 0 Å². The van der Waals surface area contributed by atoms with Crippen molar-refractivity contribution in [1.29, 1.82) is 0 Å². The molecule has 0 saturated carbocycles. The van der Waals surface area contributed by atoms with Crippen LogP contribution >= 0.6 is 22.9 Å². The fraction of sp³-hybridized carbons (Fsp3) is 0.267. The summed E-state index contributed by atoms with van der Waals surface area (Å²) >= 11 is 7.09. The molecule has 1 aromatic heterocycles. The van der Waals surface area contributed by atoms with E-state index in [1.54, 1.807) is 31.2 Å². The standard InChI is InChI=1S/C15H15ClO3S/c1-3-18-11-4-6-12(7-5-11)19-10(2)15(17)13-8-9-14(16)20-13/h4-10H,3H2,1-2H3. The minimum atomic E-state index is -0.553. The number of Topliss-reactive ketones (excluding diaryl/α,β-unsaturated/α-hetero) is 1. The molecule has 1 aromatic carbocycles. The number of carbonyl (C=O) groups is 1. The molecule has 3 nitrogen and oxygen atoms in total. The SMILES string of the molecule is CCOc1ccc(OC(C)C(=O)c2ccc(Cl)s2)cc1. The van der Waals surface area contributed by atoms with Crippen molar-refractivity contribution in [2.24, 2.45) is 0 Å². The highest BCUT2D eigenvalue weighted by Gasteiger charge is 2.18. The molecule has 0 amide bonds. The van der Waals surface area contributed by atoms with Crippen molar-refractivity contribution in [3.05, 3.63) is 45.6 Å². The van der Waals surface area contributed by atoms with Crippen molar-refractivity contribution in [1.82, 2.24) is 0 Å². The Bertz CT molecular complexity index is 577. The van der Waals surface area contributed by atoms with E-state index in [1.807, 2.05) is 19.1 Å². The van der Waals surface area contributed by atoms with Crippen LogP contribution in [0.2, 0.25) is 4.34 Å². The molecule has 1 atom stereocenters. The molecule has 20 heavy (non-hydrogen) atoms. The summed E-state index contributed by atoms with van der Waals surface area (Å²) in [4.78, 5) is 12.7. The predicted molar refractivity (Wildman–Crippen MR) is 81.4 cm³/mol. The molecular formula is C15H15ClO3S. The van der Waals surface area contributed by atoms with Crippen LogP contribution in [0.15, 0.2) is 36.4 Å². The van der Waals surface area contributed by atoms with Gasteiger partial charge in [0.25, 0.3) is 0 Å². The lowest BCUT2D eigenvalue weighted by atomic mass is 10.2. The minimum absolute atomic E-state index is 0.0733. The summed E-state index contributed by atoms with van der Waals surface area (Å²) in [5.41, 5.74) is 0. The molecule has 0 aliphatic carbocycles. The number of ether oxygens (including phenoxy) is 2.